The number of nitrogens with zero attached hydrogens (tertiary/aromatic N) is 5. The number of aromatic nitrogens is 3. The lowest BCUT2D eigenvalue weighted by Crippen LogP contribution is -2.26. The summed E-state index contributed by atoms with van der Waals surface area (Å²) >= 11 is 0. The molecular formula is C16H15N5O3. The number of hydrogen-bond acceptors (Lipinski definition) is 5. The highest BCUT2D eigenvalue weighted by Gasteiger charge is 2.17. The van der Waals surface area contributed by atoms with Gasteiger partial charge in [0.25, 0.3) is 5.69 Å². The molecular weight excluding hydrogens is 310 g/mol. The van der Waals surface area contributed by atoms with Gasteiger partial charge in [0.15, 0.2) is 5.65 Å². The number of carbonyl (C=O) groups excluding carboxylic acids is 1. The number of rotatable bonds is 4. The van der Waals surface area contributed by atoms with Crippen molar-refractivity contribution in [2.75, 3.05) is 14.1 Å². The summed E-state index contributed by atoms with van der Waals surface area (Å²) in [5.74, 6) is 0.455. The molecule has 8 nitrogen and oxygen atoms in total. The summed E-state index contributed by atoms with van der Waals surface area (Å²) < 4.78 is 1.72. The van der Waals surface area contributed by atoms with Crippen molar-refractivity contribution in [1.29, 1.82) is 0 Å². The fourth-order valence-corrected chi connectivity index (χ4v) is 2.34. The van der Waals surface area contributed by atoms with Crippen LogP contribution >= 0.6 is 0 Å². The fraction of sp³-hybridized carbons (Fsp3) is 0.188. The van der Waals surface area contributed by atoms with E-state index < -0.39 is 4.92 Å². The molecule has 3 aromatic rings. The van der Waals surface area contributed by atoms with Gasteiger partial charge < -0.3 is 4.90 Å². The molecule has 0 radical (unpaired) electrons. The monoisotopic (exact) mass is 325 g/mol. The molecule has 0 aliphatic rings. The predicted molar refractivity (Wildman–Crippen MR) is 88.3 cm³/mol. The van der Waals surface area contributed by atoms with Gasteiger partial charge >= 0.3 is 0 Å². The molecule has 0 atom stereocenters. The summed E-state index contributed by atoms with van der Waals surface area (Å²) in [6.07, 6.45) is 1.64. The lowest BCUT2D eigenvalue weighted by Gasteiger charge is -2.13. The van der Waals surface area contributed by atoms with E-state index in [1.807, 2.05) is 6.07 Å². The maximum atomic E-state index is 12.1. The van der Waals surface area contributed by atoms with E-state index in [4.69, 9.17) is 0 Å². The standard InChI is InChI=1S/C16H15N5O3/c1-19(2)14(22)10-20-15(18-13-4-3-9-17-16(13)20)11-5-7-12(8-6-11)21(23)24/h3-9H,10H2,1-2H3. The van der Waals surface area contributed by atoms with Gasteiger partial charge in [0.2, 0.25) is 5.91 Å². The van der Waals surface area contributed by atoms with Crippen molar-refractivity contribution in [3.8, 4) is 11.4 Å². The lowest BCUT2D eigenvalue weighted by atomic mass is 10.2. The first-order valence-corrected chi connectivity index (χ1v) is 7.23. The van der Waals surface area contributed by atoms with E-state index in [9.17, 15) is 14.9 Å². The molecule has 0 aliphatic heterocycles. The van der Waals surface area contributed by atoms with E-state index in [1.54, 1.807) is 43.1 Å². The molecule has 1 amide bonds. The Morgan fingerprint density at radius 2 is 1.96 bits per heavy atom. The van der Waals surface area contributed by atoms with E-state index in [1.165, 1.54) is 17.0 Å². The van der Waals surface area contributed by atoms with Crippen LogP contribution < -0.4 is 0 Å². The maximum Gasteiger partial charge on any atom is 0.269 e. The van der Waals surface area contributed by atoms with Crippen LogP contribution in [0.3, 0.4) is 0 Å². The number of hydrogen-bond donors (Lipinski definition) is 0. The molecule has 0 unspecified atom stereocenters. The Bertz CT molecular complexity index is 915. The van der Waals surface area contributed by atoms with Crippen LogP contribution in [0.1, 0.15) is 0 Å². The summed E-state index contributed by atoms with van der Waals surface area (Å²) in [5.41, 5.74) is 1.95. The van der Waals surface area contributed by atoms with Gasteiger partial charge in [-0.15, -0.1) is 0 Å². The van der Waals surface area contributed by atoms with Crippen LogP contribution in [0.25, 0.3) is 22.6 Å². The minimum absolute atomic E-state index is 0.00361. The topological polar surface area (TPSA) is 94.2 Å². The third kappa shape index (κ3) is 2.81. The average Bonchev–Trinajstić information content (AvgIpc) is 2.93. The van der Waals surface area contributed by atoms with E-state index in [0.717, 1.165) is 0 Å². The van der Waals surface area contributed by atoms with Crippen molar-refractivity contribution in [2.24, 2.45) is 0 Å². The number of non-ortho nitro benzene ring substituents is 1. The Morgan fingerprint density at radius 1 is 1.25 bits per heavy atom. The molecule has 24 heavy (non-hydrogen) atoms. The molecule has 2 aromatic heterocycles. The Hall–Kier alpha value is -3.29. The number of imidazole rings is 1. The first kappa shape index (κ1) is 15.6. The van der Waals surface area contributed by atoms with Crippen LogP contribution in [0.15, 0.2) is 42.6 Å². The van der Waals surface area contributed by atoms with Crippen LogP contribution in [0.2, 0.25) is 0 Å². The summed E-state index contributed by atoms with van der Waals surface area (Å²) in [6.45, 7) is 0.0901. The number of nitro groups is 1. The number of pyridine rings is 1. The second-order valence-electron chi connectivity index (χ2n) is 5.46. The van der Waals surface area contributed by atoms with Crippen LogP contribution in [0.4, 0.5) is 5.69 Å². The zero-order valence-corrected chi connectivity index (χ0v) is 13.2. The Morgan fingerprint density at radius 3 is 2.58 bits per heavy atom. The van der Waals surface area contributed by atoms with Crippen molar-refractivity contribution in [1.82, 2.24) is 19.4 Å². The first-order chi connectivity index (χ1) is 11.5. The number of amides is 1. The smallest absolute Gasteiger partial charge is 0.269 e. The molecule has 0 saturated carbocycles. The highest BCUT2D eigenvalue weighted by atomic mass is 16.6. The van der Waals surface area contributed by atoms with E-state index >= 15 is 0 Å². The summed E-state index contributed by atoms with van der Waals surface area (Å²) in [7, 11) is 3.36. The largest absolute Gasteiger partial charge is 0.347 e. The highest BCUT2D eigenvalue weighted by molar-refractivity contribution is 5.82. The van der Waals surface area contributed by atoms with Crippen molar-refractivity contribution in [2.45, 2.75) is 6.54 Å². The molecule has 8 heteroatoms. The van der Waals surface area contributed by atoms with Crippen LogP contribution in [-0.2, 0) is 11.3 Å². The zero-order chi connectivity index (χ0) is 17.3. The average molecular weight is 325 g/mol. The quantitative estimate of drug-likeness (QED) is 0.541. The Balaban J connectivity index is 2.12. The van der Waals surface area contributed by atoms with Crippen LogP contribution in [0, 0.1) is 10.1 Å². The highest BCUT2D eigenvalue weighted by Crippen LogP contribution is 2.25. The summed E-state index contributed by atoms with van der Waals surface area (Å²) in [4.78, 5) is 32.8. The second kappa shape index (κ2) is 6.07. The molecule has 0 N–H and O–H groups in total. The van der Waals surface area contributed by atoms with Gasteiger partial charge in [-0.1, -0.05) is 0 Å². The molecule has 2 heterocycles. The minimum atomic E-state index is -0.454. The van der Waals surface area contributed by atoms with Crippen molar-refractivity contribution < 1.29 is 9.72 Å². The summed E-state index contributed by atoms with van der Waals surface area (Å²) in [6, 6.07) is 9.66. The van der Waals surface area contributed by atoms with Gasteiger partial charge in [0, 0.05) is 38.0 Å². The van der Waals surface area contributed by atoms with E-state index in [-0.39, 0.29) is 18.1 Å². The number of carbonyl (C=O) groups is 1. The predicted octanol–water partition coefficient (Wildman–Crippen LogP) is 2.09. The molecule has 0 aliphatic carbocycles. The van der Waals surface area contributed by atoms with Crippen LogP contribution in [-0.4, -0.2) is 44.4 Å². The van der Waals surface area contributed by atoms with Crippen molar-refractivity contribution in [3.05, 3.63) is 52.7 Å². The minimum Gasteiger partial charge on any atom is -0.347 e. The molecule has 0 fully saturated rings. The molecule has 0 bridgehead atoms. The van der Waals surface area contributed by atoms with Gasteiger partial charge in [-0.2, -0.15) is 0 Å². The van der Waals surface area contributed by atoms with Gasteiger partial charge in [-0.25, -0.2) is 9.97 Å². The molecule has 0 spiro atoms. The van der Waals surface area contributed by atoms with E-state index in [0.29, 0.717) is 22.6 Å². The third-order valence-corrected chi connectivity index (χ3v) is 3.63. The van der Waals surface area contributed by atoms with Gasteiger partial charge in [-0.05, 0) is 24.3 Å². The number of nitro benzene ring substituents is 1. The van der Waals surface area contributed by atoms with Crippen molar-refractivity contribution in [3.63, 3.8) is 0 Å². The zero-order valence-electron chi connectivity index (χ0n) is 13.2. The van der Waals surface area contributed by atoms with Crippen molar-refractivity contribution >= 4 is 22.8 Å². The van der Waals surface area contributed by atoms with Gasteiger partial charge in [0.1, 0.15) is 17.9 Å². The summed E-state index contributed by atoms with van der Waals surface area (Å²) in [5, 5.41) is 10.8. The Labute approximate surface area is 137 Å². The maximum absolute atomic E-state index is 12.1. The van der Waals surface area contributed by atoms with Gasteiger partial charge in [-0.3, -0.25) is 19.5 Å². The molecule has 3 rings (SSSR count). The second-order valence-corrected chi connectivity index (χ2v) is 5.46. The van der Waals surface area contributed by atoms with Gasteiger partial charge in [0.05, 0.1) is 4.92 Å². The Kier molecular flexibility index (Phi) is 3.95. The first-order valence-electron chi connectivity index (χ1n) is 7.23. The number of likely N-dealkylation sites (N-methyl/N-ethyl adjacent to an activating group) is 1. The SMILES string of the molecule is CN(C)C(=O)Cn1c(-c2ccc([N+](=O)[O-])cc2)nc2cccnc21. The number of fused-ring (bicyclic) bond motifs is 1. The van der Waals surface area contributed by atoms with Crippen LogP contribution in [0.5, 0.6) is 0 Å². The fourth-order valence-electron chi connectivity index (χ4n) is 2.34. The lowest BCUT2D eigenvalue weighted by molar-refractivity contribution is -0.384. The number of benzene rings is 1. The normalized spacial score (nSPS) is 10.8. The van der Waals surface area contributed by atoms with E-state index in [2.05, 4.69) is 9.97 Å². The molecule has 122 valence electrons. The molecule has 0 saturated heterocycles. The third-order valence-electron chi connectivity index (χ3n) is 3.63. The molecule has 1 aromatic carbocycles.